The topological polar surface area (TPSA) is 59.8 Å². The largest absolute Gasteiger partial charge is 0.352 e. The van der Waals surface area contributed by atoms with Crippen LogP contribution in [0.2, 0.25) is 5.02 Å². The summed E-state index contributed by atoms with van der Waals surface area (Å²) in [6.45, 7) is 1.09. The van der Waals surface area contributed by atoms with Crippen molar-refractivity contribution in [3.05, 3.63) is 94.9 Å². The Morgan fingerprint density at radius 3 is 2.62 bits per heavy atom. The molecule has 0 spiro atoms. The summed E-state index contributed by atoms with van der Waals surface area (Å²) in [4.78, 5) is 21.6. The average molecular weight is 405 g/mol. The van der Waals surface area contributed by atoms with E-state index in [-0.39, 0.29) is 5.91 Å². The van der Waals surface area contributed by atoms with Gasteiger partial charge in [-0.3, -0.25) is 4.79 Å². The molecule has 29 heavy (non-hydrogen) atoms. The number of fused-ring (bicyclic) bond motifs is 1. The fourth-order valence-corrected chi connectivity index (χ4v) is 3.48. The van der Waals surface area contributed by atoms with Gasteiger partial charge in [0.2, 0.25) is 5.91 Å². The van der Waals surface area contributed by atoms with Crippen molar-refractivity contribution in [2.45, 2.75) is 25.9 Å². The average Bonchev–Trinajstić information content (AvgIpc) is 3.10. The number of benzene rings is 2. The fourth-order valence-electron chi connectivity index (χ4n) is 3.28. The Labute approximate surface area is 174 Å². The molecule has 0 saturated carbocycles. The van der Waals surface area contributed by atoms with Crippen molar-refractivity contribution < 1.29 is 4.79 Å². The molecule has 1 amide bonds. The van der Waals surface area contributed by atoms with Crippen molar-refractivity contribution in [1.82, 2.24) is 19.9 Å². The van der Waals surface area contributed by atoms with Gasteiger partial charge in [-0.15, -0.1) is 0 Å². The molecule has 6 heteroatoms. The third-order valence-corrected chi connectivity index (χ3v) is 5.14. The van der Waals surface area contributed by atoms with Crippen LogP contribution < -0.4 is 5.32 Å². The van der Waals surface area contributed by atoms with E-state index in [0.29, 0.717) is 31.0 Å². The van der Waals surface area contributed by atoms with Gasteiger partial charge >= 0.3 is 0 Å². The van der Waals surface area contributed by atoms with Crippen molar-refractivity contribution in [3.63, 3.8) is 0 Å². The SMILES string of the molecule is O=C(CCc1nc2cccnc2n1Cc1ccccc1)NCc1ccccc1Cl. The summed E-state index contributed by atoms with van der Waals surface area (Å²) in [6.07, 6.45) is 2.66. The lowest BCUT2D eigenvalue weighted by molar-refractivity contribution is -0.121. The highest BCUT2D eigenvalue weighted by molar-refractivity contribution is 6.31. The molecule has 0 aliphatic rings. The highest BCUT2D eigenvalue weighted by Gasteiger charge is 2.14. The second-order valence-electron chi connectivity index (χ2n) is 6.81. The van der Waals surface area contributed by atoms with E-state index in [9.17, 15) is 4.79 Å². The number of pyridine rings is 1. The van der Waals surface area contributed by atoms with E-state index in [1.165, 1.54) is 5.56 Å². The molecule has 0 fully saturated rings. The minimum atomic E-state index is -0.0313. The van der Waals surface area contributed by atoms with Gasteiger partial charge in [0.05, 0.1) is 6.54 Å². The maximum Gasteiger partial charge on any atom is 0.220 e. The number of aromatic nitrogens is 3. The van der Waals surface area contributed by atoms with Crippen molar-refractivity contribution in [3.8, 4) is 0 Å². The summed E-state index contributed by atoms with van der Waals surface area (Å²) < 4.78 is 2.09. The molecule has 5 nitrogen and oxygen atoms in total. The van der Waals surface area contributed by atoms with Crippen LogP contribution in [-0.4, -0.2) is 20.4 Å². The lowest BCUT2D eigenvalue weighted by Gasteiger charge is -2.10. The number of rotatable bonds is 7. The summed E-state index contributed by atoms with van der Waals surface area (Å²) in [5.74, 6) is 0.826. The van der Waals surface area contributed by atoms with Crippen LogP contribution in [0.3, 0.4) is 0 Å². The van der Waals surface area contributed by atoms with E-state index in [1.54, 1.807) is 6.20 Å². The normalized spacial score (nSPS) is 10.9. The van der Waals surface area contributed by atoms with Crippen LogP contribution in [0.1, 0.15) is 23.4 Å². The second-order valence-corrected chi connectivity index (χ2v) is 7.22. The van der Waals surface area contributed by atoms with E-state index < -0.39 is 0 Å². The molecule has 0 aliphatic carbocycles. The molecule has 2 heterocycles. The van der Waals surface area contributed by atoms with E-state index >= 15 is 0 Å². The minimum Gasteiger partial charge on any atom is -0.352 e. The second kappa shape index (κ2) is 8.88. The van der Waals surface area contributed by atoms with Crippen molar-refractivity contribution in [1.29, 1.82) is 0 Å². The van der Waals surface area contributed by atoms with Crippen LogP contribution in [0, 0.1) is 0 Å². The lowest BCUT2D eigenvalue weighted by atomic mass is 10.2. The molecule has 2 aromatic heterocycles. The number of amides is 1. The van der Waals surface area contributed by atoms with Crippen molar-refractivity contribution in [2.75, 3.05) is 0 Å². The zero-order valence-corrected chi connectivity index (χ0v) is 16.6. The van der Waals surface area contributed by atoms with Gasteiger partial charge in [-0.1, -0.05) is 60.1 Å². The molecule has 0 atom stereocenters. The number of halogens is 1. The first-order chi connectivity index (χ1) is 14.2. The molecule has 146 valence electrons. The molecule has 0 unspecified atom stereocenters. The number of hydrogen-bond acceptors (Lipinski definition) is 3. The highest BCUT2D eigenvalue weighted by Crippen LogP contribution is 2.18. The maximum atomic E-state index is 12.4. The Hall–Kier alpha value is -3.18. The van der Waals surface area contributed by atoms with Gasteiger partial charge in [-0.2, -0.15) is 0 Å². The molecule has 4 aromatic rings. The van der Waals surface area contributed by atoms with Gasteiger partial charge in [0.15, 0.2) is 5.65 Å². The zero-order valence-electron chi connectivity index (χ0n) is 15.9. The predicted molar refractivity (Wildman–Crippen MR) is 115 cm³/mol. The Morgan fingerprint density at radius 1 is 1.00 bits per heavy atom. The third kappa shape index (κ3) is 4.63. The summed E-state index contributed by atoms with van der Waals surface area (Å²) in [7, 11) is 0. The van der Waals surface area contributed by atoms with Crippen LogP contribution in [0.5, 0.6) is 0 Å². The molecule has 0 radical (unpaired) electrons. The highest BCUT2D eigenvalue weighted by atomic mass is 35.5. The smallest absolute Gasteiger partial charge is 0.220 e. The molecule has 1 N–H and O–H groups in total. The first kappa shape index (κ1) is 19.2. The first-order valence-corrected chi connectivity index (χ1v) is 9.92. The van der Waals surface area contributed by atoms with Crippen LogP contribution in [0.15, 0.2) is 72.9 Å². The number of imidazole rings is 1. The Morgan fingerprint density at radius 2 is 1.79 bits per heavy atom. The van der Waals surface area contributed by atoms with Crippen molar-refractivity contribution in [2.24, 2.45) is 0 Å². The van der Waals surface area contributed by atoms with Crippen molar-refractivity contribution >= 4 is 28.7 Å². The van der Waals surface area contributed by atoms with Crippen LogP contribution in [0.4, 0.5) is 0 Å². The minimum absolute atomic E-state index is 0.0313. The number of nitrogens with one attached hydrogen (secondary N) is 1. The maximum absolute atomic E-state index is 12.4. The van der Waals surface area contributed by atoms with Gasteiger partial charge in [-0.05, 0) is 29.3 Å². The van der Waals surface area contributed by atoms with Gasteiger partial charge in [0.1, 0.15) is 11.3 Å². The van der Waals surface area contributed by atoms with Gasteiger partial charge in [-0.25, -0.2) is 9.97 Å². The number of carbonyl (C=O) groups is 1. The number of hydrogen-bond donors (Lipinski definition) is 1. The lowest BCUT2D eigenvalue weighted by Crippen LogP contribution is -2.23. The molecule has 0 aliphatic heterocycles. The van der Waals surface area contributed by atoms with Crippen LogP contribution in [0.25, 0.3) is 11.2 Å². The van der Waals surface area contributed by atoms with Crippen LogP contribution >= 0.6 is 11.6 Å². The van der Waals surface area contributed by atoms with Gasteiger partial charge in [0, 0.05) is 30.6 Å². The molecule has 2 aromatic carbocycles. The zero-order chi connectivity index (χ0) is 20.1. The van der Waals surface area contributed by atoms with E-state index in [2.05, 4.69) is 27.0 Å². The molecular weight excluding hydrogens is 384 g/mol. The monoisotopic (exact) mass is 404 g/mol. The Balaban J connectivity index is 1.46. The van der Waals surface area contributed by atoms with Crippen LogP contribution in [-0.2, 0) is 24.3 Å². The number of aryl methyl sites for hydroxylation is 1. The summed E-state index contributed by atoms with van der Waals surface area (Å²) in [5.41, 5.74) is 3.75. The quantitative estimate of drug-likeness (QED) is 0.497. The summed E-state index contributed by atoms with van der Waals surface area (Å²) >= 11 is 6.15. The molecular formula is C23H21ClN4O. The number of carbonyl (C=O) groups excluding carboxylic acids is 1. The van der Waals surface area contributed by atoms with Gasteiger partial charge in [0.25, 0.3) is 0 Å². The van der Waals surface area contributed by atoms with E-state index in [4.69, 9.17) is 16.6 Å². The predicted octanol–water partition coefficient (Wildman–Crippen LogP) is 4.38. The van der Waals surface area contributed by atoms with E-state index in [0.717, 1.165) is 22.6 Å². The Bertz CT molecular complexity index is 1120. The summed E-state index contributed by atoms with van der Waals surface area (Å²) in [5, 5.41) is 3.59. The third-order valence-electron chi connectivity index (χ3n) is 4.78. The van der Waals surface area contributed by atoms with Gasteiger partial charge < -0.3 is 9.88 Å². The van der Waals surface area contributed by atoms with E-state index in [1.807, 2.05) is 54.6 Å². The molecule has 4 rings (SSSR count). The first-order valence-electron chi connectivity index (χ1n) is 9.55. The Kier molecular flexibility index (Phi) is 5.86. The summed E-state index contributed by atoms with van der Waals surface area (Å²) in [6, 6.07) is 21.5. The fraction of sp³-hybridized carbons (Fsp3) is 0.174. The number of nitrogens with zero attached hydrogens (tertiary/aromatic N) is 3. The molecule has 0 bridgehead atoms. The molecule has 0 saturated heterocycles. The standard InChI is InChI=1S/C23H21ClN4O/c24-19-10-5-4-9-18(19)15-26-22(29)13-12-21-27-20-11-6-14-25-23(20)28(21)16-17-7-2-1-3-8-17/h1-11,14H,12-13,15-16H2,(H,26,29).